The summed E-state index contributed by atoms with van der Waals surface area (Å²) in [5, 5.41) is 10.8. The van der Waals surface area contributed by atoms with Gasteiger partial charge in [-0.25, -0.2) is 4.39 Å². The number of hydrogen-bond acceptors (Lipinski definition) is 2. The molecule has 24 heavy (non-hydrogen) atoms. The third-order valence-electron chi connectivity index (χ3n) is 3.96. The second kappa shape index (κ2) is 8.47. The fraction of sp³-hybridized carbons (Fsp3) is 0.444. The lowest BCUT2D eigenvalue weighted by Gasteiger charge is -2.26. The Hall–Kier alpha value is -2.37. The Kier molecular flexibility index (Phi) is 6.35. The predicted molar refractivity (Wildman–Crippen MR) is 95.6 cm³/mol. The van der Waals surface area contributed by atoms with Crippen molar-refractivity contribution >= 4 is 5.96 Å². The number of rotatable bonds is 7. The van der Waals surface area contributed by atoms with Gasteiger partial charge in [0.2, 0.25) is 0 Å². The normalized spacial score (nSPS) is 12.2. The average Bonchev–Trinajstić information content (AvgIpc) is 3.08. The molecule has 2 aromatic rings. The molecule has 0 saturated heterocycles. The van der Waals surface area contributed by atoms with Crippen LogP contribution in [0.5, 0.6) is 0 Å². The maximum atomic E-state index is 13.1. The van der Waals surface area contributed by atoms with E-state index in [2.05, 4.69) is 34.6 Å². The van der Waals surface area contributed by atoms with E-state index in [1.807, 2.05) is 29.1 Å². The number of nitrogens with zero attached hydrogens (tertiary/aromatic N) is 3. The molecule has 130 valence electrons. The molecule has 0 saturated carbocycles. The van der Waals surface area contributed by atoms with Crippen LogP contribution < -0.4 is 10.6 Å². The monoisotopic (exact) mass is 331 g/mol. The first kappa shape index (κ1) is 18.0. The van der Waals surface area contributed by atoms with E-state index < -0.39 is 0 Å². The summed E-state index contributed by atoms with van der Waals surface area (Å²) in [5.41, 5.74) is 0.964. The van der Waals surface area contributed by atoms with Crippen LogP contribution >= 0.6 is 0 Å². The van der Waals surface area contributed by atoms with Gasteiger partial charge in [-0.1, -0.05) is 26.0 Å². The highest BCUT2D eigenvalue weighted by Crippen LogP contribution is 2.22. The molecule has 0 aliphatic heterocycles. The predicted octanol–water partition coefficient (Wildman–Crippen LogP) is 2.56. The number of guanidine groups is 1. The van der Waals surface area contributed by atoms with Crippen molar-refractivity contribution in [2.45, 2.75) is 32.2 Å². The highest BCUT2D eigenvalue weighted by molar-refractivity contribution is 5.79. The molecule has 0 aliphatic rings. The fourth-order valence-electron chi connectivity index (χ4n) is 2.41. The van der Waals surface area contributed by atoms with Crippen molar-refractivity contribution in [3.8, 4) is 0 Å². The first-order chi connectivity index (χ1) is 11.5. The van der Waals surface area contributed by atoms with Gasteiger partial charge in [-0.05, 0) is 30.2 Å². The van der Waals surface area contributed by atoms with Crippen LogP contribution in [0.2, 0.25) is 0 Å². The Morgan fingerprint density at radius 2 is 2.00 bits per heavy atom. The summed E-state index contributed by atoms with van der Waals surface area (Å²) in [6.45, 7) is 6.64. The Morgan fingerprint density at radius 3 is 2.62 bits per heavy atom. The maximum Gasteiger partial charge on any atom is 0.191 e. The topological polar surface area (TPSA) is 54.2 Å². The first-order valence-electron chi connectivity index (χ1n) is 8.19. The molecule has 0 amide bonds. The van der Waals surface area contributed by atoms with Gasteiger partial charge in [0, 0.05) is 44.5 Å². The van der Waals surface area contributed by atoms with Crippen molar-refractivity contribution in [2.75, 3.05) is 20.1 Å². The number of aryl methyl sites for hydroxylation is 1. The molecule has 0 unspecified atom stereocenters. The summed E-state index contributed by atoms with van der Waals surface area (Å²) >= 11 is 0. The summed E-state index contributed by atoms with van der Waals surface area (Å²) in [6, 6.07) is 8.58. The smallest absolute Gasteiger partial charge is 0.191 e. The third-order valence-corrected chi connectivity index (χ3v) is 3.96. The first-order valence-corrected chi connectivity index (χ1v) is 8.19. The Bertz CT molecular complexity index is 632. The van der Waals surface area contributed by atoms with Crippen molar-refractivity contribution in [1.29, 1.82) is 0 Å². The van der Waals surface area contributed by atoms with Gasteiger partial charge in [-0.15, -0.1) is 0 Å². The molecule has 2 rings (SSSR count). The SMILES string of the molecule is CN=C(NCCCn1cccn1)NCC(C)(C)c1ccc(F)cc1. The Morgan fingerprint density at radius 1 is 1.25 bits per heavy atom. The molecule has 0 radical (unpaired) electrons. The number of hydrogen-bond donors (Lipinski definition) is 2. The van der Waals surface area contributed by atoms with Crippen LogP contribution in [0.1, 0.15) is 25.8 Å². The van der Waals surface area contributed by atoms with Crippen molar-refractivity contribution in [3.63, 3.8) is 0 Å². The molecule has 0 fully saturated rings. The van der Waals surface area contributed by atoms with E-state index in [9.17, 15) is 4.39 Å². The highest BCUT2D eigenvalue weighted by Gasteiger charge is 2.20. The number of halogens is 1. The van der Waals surface area contributed by atoms with Gasteiger partial charge in [0.1, 0.15) is 5.82 Å². The number of aliphatic imine (C=N–C) groups is 1. The standard InChI is InChI=1S/C18H26FN5/c1-18(2,15-6-8-16(19)9-7-15)14-22-17(20-3)21-10-4-12-24-13-5-11-23-24/h5-9,11,13H,4,10,12,14H2,1-3H3,(H2,20,21,22). The minimum Gasteiger partial charge on any atom is -0.356 e. The van der Waals surface area contributed by atoms with Crippen LogP contribution in [0.4, 0.5) is 4.39 Å². The molecule has 1 aromatic heterocycles. The second-order valence-electron chi connectivity index (χ2n) is 6.37. The van der Waals surface area contributed by atoms with E-state index >= 15 is 0 Å². The van der Waals surface area contributed by atoms with E-state index in [1.165, 1.54) is 12.1 Å². The zero-order valence-corrected chi connectivity index (χ0v) is 14.6. The number of nitrogens with one attached hydrogen (secondary N) is 2. The molecule has 0 bridgehead atoms. The second-order valence-corrected chi connectivity index (χ2v) is 6.37. The molecule has 0 spiro atoms. The van der Waals surface area contributed by atoms with E-state index in [4.69, 9.17) is 0 Å². The third kappa shape index (κ3) is 5.37. The van der Waals surface area contributed by atoms with Crippen LogP contribution in [0, 0.1) is 5.82 Å². The van der Waals surface area contributed by atoms with Crippen molar-refractivity contribution in [1.82, 2.24) is 20.4 Å². The molecule has 5 nitrogen and oxygen atoms in total. The van der Waals surface area contributed by atoms with Gasteiger partial charge < -0.3 is 10.6 Å². The number of benzene rings is 1. The van der Waals surface area contributed by atoms with Crippen LogP contribution in [-0.2, 0) is 12.0 Å². The van der Waals surface area contributed by atoms with Gasteiger partial charge in [0.25, 0.3) is 0 Å². The average molecular weight is 331 g/mol. The van der Waals surface area contributed by atoms with Gasteiger partial charge in [0.05, 0.1) is 0 Å². The summed E-state index contributed by atoms with van der Waals surface area (Å²) in [6.07, 6.45) is 4.70. The lowest BCUT2D eigenvalue weighted by atomic mass is 9.84. The molecular weight excluding hydrogens is 305 g/mol. The summed E-state index contributed by atoms with van der Waals surface area (Å²) in [5.74, 6) is 0.558. The van der Waals surface area contributed by atoms with Gasteiger partial charge in [-0.3, -0.25) is 9.67 Å². The molecule has 1 aromatic carbocycles. The minimum absolute atomic E-state index is 0.125. The van der Waals surface area contributed by atoms with E-state index in [0.717, 1.165) is 31.0 Å². The summed E-state index contributed by atoms with van der Waals surface area (Å²) < 4.78 is 15.0. The molecule has 1 heterocycles. The van der Waals surface area contributed by atoms with Crippen LogP contribution in [0.25, 0.3) is 0 Å². The molecule has 0 atom stereocenters. The van der Waals surface area contributed by atoms with Crippen LogP contribution in [0.3, 0.4) is 0 Å². The van der Waals surface area contributed by atoms with Crippen LogP contribution in [-0.4, -0.2) is 35.9 Å². The van der Waals surface area contributed by atoms with Gasteiger partial charge in [-0.2, -0.15) is 5.10 Å². The van der Waals surface area contributed by atoms with Crippen molar-refractivity contribution < 1.29 is 4.39 Å². The largest absolute Gasteiger partial charge is 0.356 e. The van der Waals surface area contributed by atoms with Gasteiger partial charge >= 0.3 is 0 Å². The zero-order chi connectivity index (χ0) is 17.4. The Balaban J connectivity index is 1.76. The summed E-state index contributed by atoms with van der Waals surface area (Å²) in [7, 11) is 1.76. The lowest BCUT2D eigenvalue weighted by Crippen LogP contribution is -2.43. The minimum atomic E-state index is -0.211. The van der Waals surface area contributed by atoms with Crippen LogP contribution in [0.15, 0.2) is 47.7 Å². The highest BCUT2D eigenvalue weighted by atomic mass is 19.1. The molecule has 6 heteroatoms. The summed E-state index contributed by atoms with van der Waals surface area (Å²) in [4.78, 5) is 4.25. The lowest BCUT2D eigenvalue weighted by molar-refractivity contribution is 0.505. The van der Waals surface area contributed by atoms with E-state index in [1.54, 1.807) is 13.2 Å². The zero-order valence-electron chi connectivity index (χ0n) is 14.6. The van der Waals surface area contributed by atoms with E-state index in [-0.39, 0.29) is 11.2 Å². The Labute approximate surface area is 143 Å². The van der Waals surface area contributed by atoms with Crippen molar-refractivity contribution in [2.24, 2.45) is 4.99 Å². The number of aromatic nitrogens is 2. The fourth-order valence-corrected chi connectivity index (χ4v) is 2.41. The van der Waals surface area contributed by atoms with Gasteiger partial charge in [0.15, 0.2) is 5.96 Å². The molecule has 2 N–H and O–H groups in total. The maximum absolute atomic E-state index is 13.1. The quantitative estimate of drug-likeness (QED) is 0.466. The van der Waals surface area contributed by atoms with E-state index in [0.29, 0.717) is 6.54 Å². The molecule has 0 aliphatic carbocycles. The van der Waals surface area contributed by atoms with Crippen molar-refractivity contribution in [3.05, 3.63) is 54.1 Å². The molecular formula is C18H26FN5.